The van der Waals surface area contributed by atoms with Crippen molar-refractivity contribution in [3.8, 4) is 5.75 Å². The fourth-order valence-corrected chi connectivity index (χ4v) is 3.20. The van der Waals surface area contributed by atoms with Crippen LogP contribution in [0.1, 0.15) is 51.3 Å². The van der Waals surface area contributed by atoms with Crippen molar-refractivity contribution < 1.29 is 19.1 Å². The summed E-state index contributed by atoms with van der Waals surface area (Å²) in [6, 6.07) is 13.1. The summed E-state index contributed by atoms with van der Waals surface area (Å²) in [6.07, 6.45) is 1.46. The number of carbonyl (C=O) groups is 1. The Morgan fingerprint density at radius 1 is 1.16 bits per heavy atom. The minimum atomic E-state index is -0.167. The van der Waals surface area contributed by atoms with E-state index in [2.05, 4.69) is 23.3 Å². The Kier molecular flexibility index (Phi) is 9.84. The third-order valence-electron chi connectivity index (χ3n) is 4.98. The van der Waals surface area contributed by atoms with Crippen molar-refractivity contribution >= 4 is 18.5 Å². The number of aliphatic hydroxyl groups is 1. The van der Waals surface area contributed by atoms with Crippen LogP contribution in [0.5, 0.6) is 5.75 Å². The Hall–Kier alpha value is -2.74. The minimum absolute atomic E-state index is 0.0181. The molecule has 3 aromatic rings. The number of aliphatic hydroxyl groups excluding tert-OH is 1. The summed E-state index contributed by atoms with van der Waals surface area (Å²) in [4.78, 5) is 13.2. The summed E-state index contributed by atoms with van der Waals surface area (Å²) in [7, 11) is 3.49. The van der Waals surface area contributed by atoms with E-state index >= 15 is 0 Å². The average Bonchev–Trinajstić information content (AvgIpc) is 3.26. The van der Waals surface area contributed by atoms with Gasteiger partial charge in [-0.1, -0.05) is 24.3 Å². The number of rotatable bonds is 7. The van der Waals surface area contributed by atoms with Gasteiger partial charge in [0.05, 0.1) is 31.9 Å². The molecule has 0 aliphatic heterocycles. The Labute approximate surface area is 195 Å². The van der Waals surface area contributed by atoms with Crippen molar-refractivity contribution in [1.82, 2.24) is 10.6 Å². The first-order valence-electron chi connectivity index (χ1n) is 10.4. The molecule has 32 heavy (non-hydrogen) atoms. The predicted octanol–water partition coefficient (Wildman–Crippen LogP) is 4.58. The van der Waals surface area contributed by atoms with Gasteiger partial charge in [0.15, 0.2) is 0 Å². The quantitative estimate of drug-likeness (QED) is 0.391. The summed E-state index contributed by atoms with van der Waals surface area (Å²) in [6.45, 7) is 6.58. The molecule has 1 heterocycles. The van der Waals surface area contributed by atoms with Gasteiger partial charge in [-0.15, -0.1) is 12.6 Å². The highest BCUT2D eigenvalue weighted by Gasteiger charge is 2.14. The van der Waals surface area contributed by atoms with Crippen molar-refractivity contribution in [2.75, 3.05) is 14.2 Å². The van der Waals surface area contributed by atoms with Gasteiger partial charge in [-0.25, -0.2) is 0 Å². The SMILES string of the molecule is CNCc1cc(C(=O)NC(C)c2ccc(CO)cc2)co1.COc1cc(C)c(S)c(C)c1. The second kappa shape index (κ2) is 12.3. The molecule has 0 aliphatic carbocycles. The van der Waals surface area contributed by atoms with Crippen LogP contribution in [0.25, 0.3) is 0 Å². The number of methoxy groups -OCH3 is 1. The number of hydrogen-bond acceptors (Lipinski definition) is 6. The molecule has 0 radical (unpaired) electrons. The second-order valence-electron chi connectivity index (χ2n) is 7.54. The molecule has 172 valence electrons. The largest absolute Gasteiger partial charge is 0.497 e. The van der Waals surface area contributed by atoms with Crippen molar-refractivity contribution in [2.45, 2.75) is 44.9 Å². The molecule has 2 aromatic carbocycles. The Bertz CT molecular complexity index is 992. The highest BCUT2D eigenvalue weighted by atomic mass is 32.1. The van der Waals surface area contributed by atoms with E-state index < -0.39 is 0 Å². The van der Waals surface area contributed by atoms with Crippen LogP contribution < -0.4 is 15.4 Å². The molecular formula is C25H32N2O4S. The van der Waals surface area contributed by atoms with Gasteiger partial charge in [-0.2, -0.15) is 0 Å². The van der Waals surface area contributed by atoms with Crippen molar-refractivity contribution in [3.05, 3.63) is 82.3 Å². The zero-order valence-corrected chi connectivity index (χ0v) is 20.1. The number of aryl methyl sites for hydroxylation is 2. The molecule has 6 nitrogen and oxygen atoms in total. The highest BCUT2D eigenvalue weighted by Crippen LogP contribution is 2.23. The van der Waals surface area contributed by atoms with Gasteiger partial charge in [0, 0.05) is 4.90 Å². The third kappa shape index (κ3) is 7.15. The molecule has 3 N–H and O–H groups in total. The molecule has 1 unspecified atom stereocenters. The van der Waals surface area contributed by atoms with Crippen molar-refractivity contribution in [1.29, 1.82) is 0 Å². The number of furan rings is 1. The first-order valence-corrected chi connectivity index (χ1v) is 10.8. The van der Waals surface area contributed by atoms with E-state index in [1.54, 1.807) is 13.2 Å². The number of amides is 1. The molecule has 3 rings (SSSR count). The fraction of sp³-hybridized carbons (Fsp3) is 0.320. The van der Waals surface area contributed by atoms with Gasteiger partial charge in [0.2, 0.25) is 0 Å². The maximum Gasteiger partial charge on any atom is 0.255 e. The molecule has 0 aliphatic rings. The van der Waals surface area contributed by atoms with Gasteiger partial charge in [-0.3, -0.25) is 4.79 Å². The predicted molar refractivity (Wildman–Crippen MR) is 129 cm³/mol. The number of hydrogen-bond donors (Lipinski definition) is 4. The van der Waals surface area contributed by atoms with E-state index in [4.69, 9.17) is 14.3 Å². The van der Waals surface area contributed by atoms with Crippen LogP contribution in [0.4, 0.5) is 0 Å². The Balaban J connectivity index is 0.000000278. The van der Waals surface area contributed by atoms with E-state index in [0.29, 0.717) is 12.1 Å². The van der Waals surface area contributed by atoms with Crippen LogP contribution in [-0.2, 0) is 13.2 Å². The molecule has 1 aromatic heterocycles. The maximum atomic E-state index is 12.1. The van der Waals surface area contributed by atoms with Gasteiger partial charge >= 0.3 is 0 Å². The highest BCUT2D eigenvalue weighted by molar-refractivity contribution is 7.80. The molecule has 1 atom stereocenters. The lowest BCUT2D eigenvalue weighted by molar-refractivity contribution is 0.0939. The van der Waals surface area contributed by atoms with Crippen LogP contribution >= 0.6 is 12.6 Å². The lowest BCUT2D eigenvalue weighted by Crippen LogP contribution is -2.26. The van der Waals surface area contributed by atoms with Crippen molar-refractivity contribution in [2.24, 2.45) is 0 Å². The first kappa shape index (κ1) is 25.5. The Morgan fingerprint density at radius 2 is 1.78 bits per heavy atom. The summed E-state index contributed by atoms with van der Waals surface area (Å²) >= 11 is 4.34. The van der Waals surface area contributed by atoms with E-state index in [1.807, 2.05) is 64.2 Å². The van der Waals surface area contributed by atoms with Gasteiger partial charge in [-0.05, 0) is 68.3 Å². The number of ether oxygens (including phenoxy) is 1. The zero-order valence-electron chi connectivity index (χ0n) is 19.2. The minimum Gasteiger partial charge on any atom is -0.497 e. The number of nitrogens with one attached hydrogen (secondary N) is 2. The monoisotopic (exact) mass is 456 g/mol. The number of carbonyl (C=O) groups excluding carboxylic acids is 1. The van der Waals surface area contributed by atoms with Crippen LogP contribution in [0.2, 0.25) is 0 Å². The molecule has 0 saturated carbocycles. The average molecular weight is 457 g/mol. The maximum absolute atomic E-state index is 12.1. The summed E-state index contributed by atoms with van der Waals surface area (Å²) < 4.78 is 10.4. The summed E-state index contributed by atoms with van der Waals surface area (Å²) in [5.41, 5.74) is 4.66. The van der Waals surface area contributed by atoms with Gasteiger partial charge < -0.3 is 24.9 Å². The summed E-state index contributed by atoms with van der Waals surface area (Å²) in [5, 5.41) is 14.9. The topological polar surface area (TPSA) is 83.7 Å². The molecule has 1 amide bonds. The smallest absolute Gasteiger partial charge is 0.255 e. The van der Waals surface area contributed by atoms with Gasteiger partial charge in [0.25, 0.3) is 5.91 Å². The normalized spacial score (nSPS) is 11.3. The van der Waals surface area contributed by atoms with E-state index in [9.17, 15) is 4.79 Å². The van der Waals surface area contributed by atoms with Crippen LogP contribution in [0.3, 0.4) is 0 Å². The lowest BCUT2D eigenvalue weighted by atomic mass is 10.1. The summed E-state index contributed by atoms with van der Waals surface area (Å²) in [5.74, 6) is 1.46. The molecule has 0 bridgehead atoms. The third-order valence-corrected chi connectivity index (χ3v) is 5.68. The van der Waals surface area contributed by atoms with Crippen LogP contribution in [0, 0.1) is 13.8 Å². The molecule has 0 fully saturated rings. The molecule has 7 heteroatoms. The standard InChI is InChI=1S/C16H20N2O3.C9H12OS/c1-11(13-5-3-12(9-19)4-6-13)18-16(20)14-7-15(8-17-2)21-10-14;1-6-4-8(10-3)5-7(2)9(6)11/h3-7,10-11,17,19H,8-9H2,1-2H3,(H,18,20);4-5,11H,1-3H3. The number of benzene rings is 2. The Morgan fingerprint density at radius 3 is 2.31 bits per heavy atom. The number of thiol groups is 1. The molecular weight excluding hydrogens is 424 g/mol. The molecule has 0 saturated heterocycles. The van der Waals surface area contributed by atoms with E-state index in [0.717, 1.165) is 38.7 Å². The van der Waals surface area contributed by atoms with Crippen LogP contribution in [-0.4, -0.2) is 25.2 Å². The molecule has 0 spiro atoms. The van der Waals surface area contributed by atoms with Gasteiger partial charge in [0.1, 0.15) is 17.8 Å². The lowest BCUT2D eigenvalue weighted by Gasteiger charge is -2.14. The fourth-order valence-electron chi connectivity index (χ4n) is 3.08. The van der Waals surface area contributed by atoms with Crippen molar-refractivity contribution in [3.63, 3.8) is 0 Å². The van der Waals surface area contributed by atoms with E-state index in [1.165, 1.54) is 6.26 Å². The first-order chi connectivity index (χ1) is 15.3. The van der Waals surface area contributed by atoms with Crippen LogP contribution in [0.15, 0.2) is 58.0 Å². The zero-order chi connectivity index (χ0) is 23.7. The van der Waals surface area contributed by atoms with E-state index in [-0.39, 0.29) is 18.6 Å². The second-order valence-corrected chi connectivity index (χ2v) is 7.98.